The van der Waals surface area contributed by atoms with Gasteiger partial charge >= 0.3 is 0 Å². The fourth-order valence-corrected chi connectivity index (χ4v) is 5.58. The third kappa shape index (κ3) is 1.91. The normalized spacial score (nSPS) is 12.4. The zero-order chi connectivity index (χ0) is 20.8. The van der Waals surface area contributed by atoms with Crippen LogP contribution in [0.25, 0.3) is 76.1 Å². The summed E-state index contributed by atoms with van der Waals surface area (Å²) < 4.78 is 6.70. The van der Waals surface area contributed by atoms with Crippen LogP contribution in [-0.4, -0.2) is 4.98 Å². The van der Waals surface area contributed by atoms with Crippen molar-refractivity contribution in [1.82, 2.24) is 4.98 Å². The van der Waals surface area contributed by atoms with Crippen LogP contribution < -0.4 is 0 Å². The lowest BCUT2D eigenvalue weighted by atomic mass is 9.96. The van der Waals surface area contributed by atoms with E-state index < -0.39 is 0 Å². The van der Waals surface area contributed by atoms with Crippen LogP contribution in [-0.2, 0) is 0 Å². The number of H-pyrrole nitrogens is 1. The van der Waals surface area contributed by atoms with Crippen molar-refractivity contribution in [2.75, 3.05) is 0 Å². The summed E-state index contributed by atoms with van der Waals surface area (Å²) in [5, 5.41) is 12.1. The molecule has 0 fully saturated rings. The Morgan fingerprint density at radius 3 is 1.94 bits per heavy atom. The molecular formula is C30H17NO. The molecule has 0 bridgehead atoms. The number of aromatic nitrogens is 1. The highest BCUT2D eigenvalue weighted by atomic mass is 16.3. The maximum Gasteiger partial charge on any atom is 0.144 e. The molecule has 2 heterocycles. The Morgan fingerprint density at radius 1 is 0.438 bits per heavy atom. The Labute approximate surface area is 182 Å². The number of hydrogen-bond donors (Lipinski definition) is 1. The van der Waals surface area contributed by atoms with Gasteiger partial charge in [-0.25, -0.2) is 0 Å². The number of rotatable bonds is 0. The Hall–Kier alpha value is -4.30. The molecule has 32 heavy (non-hydrogen) atoms. The maximum absolute atomic E-state index is 6.70. The van der Waals surface area contributed by atoms with E-state index in [0.29, 0.717) is 0 Å². The summed E-state index contributed by atoms with van der Waals surface area (Å²) in [4.78, 5) is 3.76. The summed E-state index contributed by atoms with van der Waals surface area (Å²) in [5.41, 5.74) is 4.26. The summed E-state index contributed by atoms with van der Waals surface area (Å²) in [7, 11) is 0. The summed E-state index contributed by atoms with van der Waals surface area (Å²) >= 11 is 0. The topological polar surface area (TPSA) is 28.9 Å². The number of aromatic amines is 1. The van der Waals surface area contributed by atoms with Crippen molar-refractivity contribution in [3.8, 4) is 0 Å². The van der Waals surface area contributed by atoms with Crippen molar-refractivity contribution >= 4 is 76.1 Å². The standard InChI is InChI=1S/C30H17NO/c1-3-9-19-17(7-1)14-16-24-25(19)27-26-23-15-13-18-8-2-4-10-20(18)29(23)32-30(26)22-12-6-5-11-21(22)28(27)31-24/h1-16,31H. The van der Waals surface area contributed by atoms with Gasteiger partial charge in [0.2, 0.25) is 0 Å². The van der Waals surface area contributed by atoms with Gasteiger partial charge in [-0.05, 0) is 28.3 Å². The van der Waals surface area contributed by atoms with E-state index in [1.54, 1.807) is 0 Å². The SMILES string of the molecule is c1ccc2c(c1)ccc1c2oc2c3ccccc3c3[nH]c4ccc5ccccc5c4c3c12. The molecule has 2 heteroatoms. The largest absolute Gasteiger partial charge is 0.455 e. The maximum atomic E-state index is 6.70. The van der Waals surface area contributed by atoms with Gasteiger partial charge in [0.1, 0.15) is 11.2 Å². The summed E-state index contributed by atoms with van der Waals surface area (Å²) in [6.45, 7) is 0. The molecule has 6 aromatic carbocycles. The molecule has 0 spiro atoms. The molecule has 0 aliphatic heterocycles. The zero-order valence-corrected chi connectivity index (χ0v) is 17.1. The molecular weight excluding hydrogens is 390 g/mol. The fraction of sp³-hybridized carbons (Fsp3) is 0. The number of furan rings is 1. The smallest absolute Gasteiger partial charge is 0.144 e. The van der Waals surface area contributed by atoms with Crippen LogP contribution >= 0.6 is 0 Å². The van der Waals surface area contributed by atoms with Gasteiger partial charge in [0, 0.05) is 43.2 Å². The van der Waals surface area contributed by atoms with E-state index in [2.05, 4.69) is 102 Å². The molecule has 0 radical (unpaired) electrons. The second-order valence-corrected chi connectivity index (χ2v) is 8.60. The quantitative estimate of drug-likeness (QED) is 0.268. The number of nitrogens with one attached hydrogen (secondary N) is 1. The Bertz CT molecular complexity index is 2020. The van der Waals surface area contributed by atoms with Crippen molar-refractivity contribution < 1.29 is 4.42 Å². The average Bonchev–Trinajstić information content (AvgIpc) is 3.43. The third-order valence-corrected chi connectivity index (χ3v) is 6.96. The Balaban J connectivity index is 1.78. The highest BCUT2D eigenvalue weighted by Gasteiger charge is 2.21. The van der Waals surface area contributed by atoms with Gasteiger partial charge in [0.25, 0.3) is 0 Å². The van der Waals surface area contributed by atoms with Crippen LogP contribution in [0.4, 0.5) is 0 Å². The lowest BCUT2D eigenvalue weighted by molar-refractivity contribution is 0.676. The van der Waals surface area contributed by atoms with E-state index in [0.717, 1.165) is 27.5 Å². The van der Waals surface area contributed by atoms with Crippen LogP contribution in [0.1, 0.15) is 0 Å². The van der Waals surface area contributed by atoms with Crippen molar-refractivity contribution in [2.45, 2.75) is 0 Å². The van der Waals surface area contributed by atoms with Gasteiger partial charge in [0.15, 0.2) is 0 Å². The first-order valence-electron chi connectivity index (χ1n) is 11.0. The highest BCUT2D eigenvalue weighted by molar-refractivity contribution is 6.39. The van der Waals surface area contributed by atoms with Crippen LogP contribution in [0.15, 0.2) is 101 Å². The molecule has 1 N–H and O–H groups in total. The minimum atomic E-state index is 0.963. The van der Waals surface area contributed by atoms with E-state index in [9.17, 15) is 0 Å². The molecule has 0 unspecified atom stereocenters. The second-order valence-electron chi connectivity index (χ2n) is 8.60. The predicted octanol–water partition coefficient (Wildman–Crippen LogP) is 8.68. The molecule has 0 amide bonds. The van der Waals surface area contributed by atoms with Crippen LogP contribution in [0.2, 0.25) is 0 Å². The summed E-state index contributed by atoms with van der Waals surface area (Å²) in [5.74, 6) is 0. The first-order valence-corrected chi connectivity index (χ1v) is 11.0. The third-order valence-electron chi connectivity index (χ3n) is 6.96. The monoisotopic (exact) mass is 407 g/mol. The van der Waals surface area contributed by atoms with Crippen molar-refractivity contribution in [1.29, 1.82) is 0 Å². The van der Waals surface area contributed by atoms with E-state index in [1.807, 2.05) is 0 Å². The minimum absolute atomic E-state index is 0.963. The van der Waals surface area contributed by atoms with Gasteiger partial charge in [-0.1, -0.05) is 84.9 Å². The zero-order valence-electron chi connectivity index (χ0n) is 17.1. The molecule has 0 saturated carbocycles. The van der Waals surface area contributed by atoms with E-state index in [4.69, 9.17) is 4.42 Å². The summed E-state index contributed by atoms with van der Waals surface area (Å²) in [6, 6.07) is 34.5. The molecule has 148 valence electrons. The molecule has 8 aromatic rings. The predicted molar refractivity (Wildman–Crippen MR) is 136 cm³/mol. The Kier molecular flexibility index (Phi) is 2.91. The van der Waals surface area contributed by atoms with Crippen molar-refractivity contribution in [3.05, 3.63) is 97.1 Å². The van der Waals surface area contributed by atoms with Crippen molar-refractivity contribution in [2.24, 2.45) is 0 Å². The molecule has 2 nitrogen and oxygen atoms in total. The highest BCUT2D eigenvalue weighted by Crippen LogP contribution is 2.46. The number of benzene rings is 6. The van der Waals surface area contributed by atoms with E-state index in [1.165, 1.54) is 48.6 Å². The first kappa shape index (κ1) is 16.4. The van der Waals surface area contributed by atoms with Gasteiger partial charge in [-0.3, -0.25) is 0 Å². The molecule has 0 aliphatic carbocycles. The second kappa shape index (κ2) is 5.68. The molecule has 2 aromatic heterocycles. The molecule has 8 rings (SSSR count). The van der Waals surface area contributed by atoms with Crippen molar-refractivity contribution in [3.63, 3.8) is 0 Å². The average molecular weight is 407 g/mol. The fourth-order valence-electron chi connectivity index (χ4n) is 5.58. The van der Waals surface area contributed by atoms with Gasteiger partial charge < -0.3 is 9.40 Å². The van der Waals surface area contributed by atoms with Crippen LogP contribution in [0.3, 0.4) is 0 Å². The minimum Gasteiger partial charge on any atom is -0.455 e. The van der Waals surface area contributed by atoms with Crippen LogP contribution in [0, 0.1) is 0 Å². The summed E-state index contributed by atoms with van der Waals surface area (Å²) in [6.07, 6.45) is 0. The lowest BCUT2D eigenvalue weighted by Gasteiger charge is -2.04. The van der Waals surface area contributed by atoms with Gasteiger partial charge in [-0.2, -0.15) is 0 Å². The molecule has 0 aliphatic rings. The van der Waals surface area contributed by atoms with Gasteiger partial charge in [-0.15, -0.1) is 0 Å². The lowest BCUT2D eigenvalue weighted by Crippen LogP contribution is -1.79. The van der Waals surface area contributed by atoms with E-state index in [-0.39, 0.29) is 0 Å². The molecule has 0 saturated heterocycles. The van der Waals surface area contributed by atoms with Crippen LogP contribution in [0.5, 0.6) is 0 Å². The van der Waals surface area contributed by atoms with E-state index >= 15 is 0 Å². The molecule has 0 atom stereocenters. The number of fused-ring (bicyclic) bond motifs is 14. The number of hydrogen-bond acceptors (Lipinski definition) is 1. The Morgan fingerprint density at radius 2 is 1.09 bits per heavy atom. The van der Waals surface area contributed by atoms with Gasteiger partial charge in [0.05, 0.1) is 5.52 Å². The first-order chi connectivity index (χ1) is 15.9.